The smallest absolute Gasteiger partial charge is 0.125 e. The normalized spacial score (nSPS) is 18.7. The fourth-order valence-corrected chi connectivity index (χ4v) is 3.74. The Hall–Kier alpha value is -2.21. The first-order chi connectivity index (χ1) is 11.7. The number of hydrogen-bond acceptors (Lipinski definition) is 3. The van der Waals surface area contributed by atoms with E-state index in [0.717, 1.165) is 43.0 Å². The van der Waals surface area contributed by atoms with Gasteiger partial charge in [0, 0.05) is 31.0 Å². The van der Waals surface area contributed by atoms with Crippen LogP contribution in [0.2, 0.25) is 0 Å². The minimum atomic E-state index is -0.229. The van der Waals surface area contributed by atoms with Crippen LogP contribution in [0.3, 0.4) is 0 Å². The van der Waals surface area contributed by atoms with Crippen molar-refractivity contribution < 1.29 is 4.39 Å². The first-order valence-electron chi connectivity index (χ1n) is 8.60. The van der Waals surface area contributed by atoms with Crippen molar-refractivity contribution in [3.63, 3.8) is 0 Å². The summed E-state index contributed by atoms with van der Waals surface area (Å²) in [6.45, 7) is 5.74. The molecule has 1 aromatic carbocycles. The van der Waals surface area contributed by atoms with Gasteiger partial charge in [-0.25, -0.2) is 9.37 Å². The maximum Gasteiger partial charge on any atom is 0.125 e. The van der Waals surface area contributed by atoms with Gasteiger partial charge in [-0.15, -0.1) is 0 Å². The van der Waals surface area contributed by atoms with E-state index >= 15 is 0 Å². The molecule has 3 heterocycles. The molecular formula is C18H22FN5. The van der Waals surface area contributed by atoms with Crippen molar-refractivity contribution in [3.8, 4) is 0 Å². The molecule has 126 valence electrons. The zero-order chi connectivity index (χ0) is 16.5. The SMILES string of the molecule is CCn1c(CN2CCC[C@@H]2Cn2cccn2)nc2cc(F)ccc21. The van der Waals surface area contributed by atoms with E-state index in [1.807, 2.05) is 29.2 Å². The minimum Gasteiger partial charge on any atom is -0.327 e. The molecule has 1 aliphatic heterocycles. The van der Waals surface area contributed by atoms with E-state index in [4.69, 9.17) is 4.98 Å². The molecule has 0 saturated carbocycles. The Bertz CT molecular complexity index is 823. The maximum atomic E-state index is 13.5. The van der Waals surface area contributed by atoms with E-state index in [1.54, 1.807) is 0 Å². The van der Waals surface area contributed by atoms with Gasteiger partial charge in [-0.05, 0) is 44.5 Å². The van der Waals surface area contributed by atoms with E-state index in [1.165, 1.54) is 25.0 Å². The van der Waals surface area contributed by atoms with Crippen molar-refractivity contribution in [1.29, 1.82) is 0 Å². The molecule has 5 nitrogen and oxygen atoms in total. The largest absolute Gasteiger partial charge is 0.327 e. The molecule has 0 N–H and O–H groups in total. The second-order valence-electron chi connectivity index (χ2n) is 6.40. The Morgan fingerprint density at radius 2 is 2.25 bits per heavy atom. The Labute approximate surface area is 140 Å². The Morgan fingerprint density at radius 3 is 3.04 bits per heavy atom. The molecule has 24 heavy (non-hydrogen) atoms. The molecule has 0 aliphatic carbocycles. The zero-order valence-corrected chi connectivity index (χ0v) is 13.9. The second-order valence-corrected chi connectivity index (χ2v) is 6.40. The molecule has 1 aliphatic rings. The number of likely N-dealkylation sites (tertiary alicyclic amines) is 1. The number of benzene rings is 1. The van der Waals surface area contributed by atoms with Crippen LogP contribution in [-0.2, 0) is 19.6 Å². The maximum absolute atomic E-state index is 13.5. The predicted octanol–water partition coefficient (Wildman–Crippen LogP) is 3.06. The number of imidazole rings is 1. The van der Waals surface area contributed by atoms with Crippen LogP contribution in [0.15, 0.2) is 36.7 Å². The molecule has 0 unspecified atom stereocenters. The third-order valence-corrected chi connectivity index (χ3v) is 4.91. The molecule has 4 rings (SSSR count). The molecule has 1 saturated heterocycles. The summed E-state index contributed by atoms with van der Waals surface area (Å²) in [7, 11) is 0. The van der Waals surface area contributed by atoms with Crippen molar-refractivity contribution >= 4 is 11.0 Å². The second kappa shape index (κ2) is 6.36. The van der Waals surface area contributed by atoms with Crippen LogP contribution >= 0.6 is 0 Å². The summed E-state index contributed by atoms with van der Waals surface area (Å²) in [6.07, 6.45) is 6.22. The lowest BCUT2D eigenvalue weighted by Crippen LogP contribution is -2.33. The fraction of sp³-hybridized carbons (Fsp3) is 0.444. The van der Waals surface area contributed by atoms with Gasteiger partial charge in [-0.2, -0.15) is 5.10 Å². The molecule has 2 aromatic heterocycles. The molecule has 0 amide bonds. The van der Waals surface area contributed by atoms with Gasteiger partial charge in [-0.3, -0.25) is 9.58 Å². The lowest BCUT2D eigenvalue weighted by atomic mass is 10.2. The minimum absolute atomic E-state index is 0.229. The first kappa shape index (κ1) is 15.3. The van der Waals surface area contributed by atoms with Crippen LogP contribution in [0, 0.1) is 5.82 Å². The van der Waals surface area contributed by atoms with Gasteiger partial charge in [0.25, 0.3) is 0 Å². The molecule has 1 atom stereocenters. The fourth-order valence-electron chi connectivity index (χ4n) is 3.74. The van der Waals surface area contributed by atoms with Crippen LogP contribution < -0.4 is 0 Å². The summed E-state index contributed by atoms with van der Waals surface area (Å²) >= 11 is 0. The summed E-state index contributed by atoms with van der Waals surface area (Å²) in [4.78, 5) is 7.18. The molecular weight excluding hydrogens is 305 g/mol. The van der Waals surface area contributed by atoms with Crippen LogP contribution in [0.5, 0.6) is 0 Å². The quantitative estimate of drug-likeness (QED) is 0.723. The van der Waals surface area contributed by atoms with Crippen molar-refractivity contribution in [2.24, 2.45) is 0 Å². The average molecular weight is 327 g/mol. The van der Waals surface area contributed by atoms with Crippen LogP contribution in [0.25, 0.3) is 11.0 Å². The van der Waals surface area contributed by atoms with Crippen LogP contribution in [0.4, 0.5) is 4.39 Å². The van der Waals surface area contributed by atoms with E-state index in [9.17, 15) is 4.39 Å². The van der Waals surface area contributed by atoms with Gasteiger partial charge >= 0.3 is 0 Å². The highest BCUT2D eigenvalue weighted by Crippen LogP contribution is 2.24. The lowest BCUT2D eigenvalue weighted by molar-refractivity contribution is 0.212. The van der Waals surface area contributed by atoms with Gasteiger partial charge in [0.15, 0.2) is 0 Å². The zero-order valence-electron chi connectivity index (χ0n) is 13.9. The first-order valence-corrected chi connectivity index (χ1v) is 8.60. The number of fused-ring (bicyclic) bond motifs is 1. The van der Waals surface area contributed by atoms with Gasteiger partial charge in [-0.1, -0.05) is 0 Å². The van der Waals surface area contributed by atoms with Crippen molar-refractivity contribution in [3.05, 3.63) is 48.3 Å². The Kier molecular flexibility index (Phi) is 4.06. The number of halogens is 1. The van der Waals surface area contributed by atoms with Crippen LogP contribution in [-0.4, -0.2) is 36.8 Å². The summed E-state index contributed by atoms with van der Waals surface area (Å²) in [5, 5.41) is 4.33. The third-order valence-electron chi connectivity index (χ3n) is 4.91. The number of aryl methyl sites for hydroxylation is 1. The summed E-state index contributed by atoms with van der Waals surface area (Å²) in [6, 6.07) is 7.30. The number of hydrogen-bond donors (Lipinski definition) is 0. The molecule has 0 spiro atoms. The van der Waals surface area contributed by atoms with E-state index in [0.29, 0.717) is 6.04 Å². The summed E-state index contributed by atoms with van der Waals surface area (Å²) in [5.74, 6) is 0.790. The number of rotatable bonds is 5. The Balaban J connectivity index is 1.58. The lowest BCUT2D eigenvalue weighted by Gasteiger charge is -2.24. The van der Waals surface area contributed by atoms with Gasteiger partial charge in [0.05, 0.1) is 24.1 Å². The number of aromatic nitrogens is 4. The topological polar surface area (TPSA) is 38.9 Å². The van der Waals surface area contributed by atoms with Crippen molar-refractivity contribution in [1.82, 2.24) is 24.2 Å². The van der Waals surface area contributed by atoms with E-state index < -0.39 is 0 Å². The van der Waals surface area contributed by atoms with E-state index in [2.05, 4.69) is 21.5 Å². The molecule has 6 heteroatoms. The van der Waals surface area contributed by atoms with E-state index in [-0.39, 0.29) is 5.82 Å². The summed E-state index contributed by atoms with van der Waals surface area (Å²) in [5.41, 5.74) is 1.76. The average Bonchev–Trinajstić information content (AvgIpc) is 3.28. The molecule has 0 radical (unpaired) electrons. The molecule has 3 aromatic rings. The molecule has 0 bridgehead atoms. The highest BCUT2D eigenvalue weighted by Gasteiger charge is 2.26. The Morgan fingerprint density at radius 1 is 1.33 bits per heavy atom. The van der Waals surface area contributed by atoms with Gasteiger partial charge in [0.2, 0.25) is 0 Å². The highest BCUT2D eigenvalue weighted by atomic mass is 19.1. The predicted molar refractivity (Wildman–Crippen MR) is 91.0 cm³/mol. The van der Waals surface area contributed by atoms with Crippen molar-refractivity contribution in [2.75, 3.05) is 6.54 Å². The van der Waals surface area contributed by atoms with Gasteiger partial charge < -0.3 is 4.57 Å². The van der Waals surface area contributed by atoms with Gasteiger partial charge in [0.1, 0.15) is 11.6 Å². The van der Waals surface area contributed by atoms with Crippen molar-refractivity contribution in [2.45, 2.75) is 45.4 Å². The van der Waals surface area contributed by atoms with Crippen LogP contribution in [0.1, 0.15) is 25.6 Å². The standard InChI is InChI=1S/C18H22FN5/c1-2-24-17-7-6-14(19)11-16(17)21-18(24)13-22-9-3-5-15(22)12-23-10-4-8-20-23/h4,6-8,10-11,15H,2-3,5,9,12-13H2,1H3/t15-/m1/s1. The third kappa shape index (κ3) is 2.82. The monoisotopic (exact) mass is 327 g/mol. The number of nitrogens with zero attached hydrogens (tertiary/aromatic N) is 5. The highest BCUT2D eigenvalue weighted by molar-refractivity contribution is 5.76. The summed E-state index contributed by atoms with van der Waals surface area (Å²) < 4.78 is 17.7. The molecule has 1 fully saturated rings.